The minimum Gasteiger partial charge on any atom is -0.340 e. The van der Waals surface area contributed by atoms with Crippen molar-refractivity contribution in [2.45, 2.75) is 39.7 Å². The third kappa shape index (κ3) is 7.08. The molecule has 0 unspecified atom stereocenters. The number of rotatable bonds is 12. The molecule has 2 aromatic rings. The van der Waals surface area contributed by atoms with Crippen LogP contribution in [0.5, 0.6) is 0 Å². The lowest BCUT2D eigenvalue weighted by Gasteiger charge is -2.17. The Morgan fingerprint density at radius 2 is 1.63 bits per heavy atom. The van der Waals surface area contributed by atoms with Crippen LogP contribution in [0.1, 0.15) is 49.0 Å². The average molecular weight is 410 g/mol. The predicted octanol–water partition coefficient (Wildman–Crippen LogP) is 3.97. The van der Waals surface area contributed by atoms with Crippen molar-refractivity contribution in [2.75, 3.05) is 33.2 Å². The maximum atomic E-state index is 12.5. The Kier molecular flexibility index (Phi) is 9.71. The second kappa shape index (κ2) is 12.3. The van der Waals surface area contributed by atoms with E-state index in [1.54, 1.807) is 11.9 Å². The molecule has 2 rings (SSSR count). The van der Waals surface area contributed by atoms with Gasteiger partial charge in [0.2, 0.25) is 5.91 Å². The highest BCUT2D eigenvalue weighted by molar-refractivity contribution is 5.96. The van der Waals surface area contributed by atoms with Crippen molar-refractivity contribution in [3.05, 3.63) is 59.7 Å². The number of benzene rings is 2. The third-order valence-corrected chi connectivity index (χ3v) is 5.51. The van der Waals surface area contributed by atoms with Gasteiger partial charge in [0.05, 0.1) is 6.54 Å². The van der Waals surface area contributed by atoms with E-state index in [2.05, 4.69) is 24.8 Å². The van der Waals surface area contributed by atoms with Gasteiger partial charge in [0.25, 0.3) is 0 Å². The molecule has 2 N–H and O–H groups in total. The van der Waals surface area contributed by atoms with Gasteiger partial charge in [0, 0.05) is 25.6 Å². The monoisotopic (exact) mass is 409 g/mol. The van der Waals surface area contributed by atoms with Crippen LogP contribution < -0.4 is 5.73 Å². The Balaban J connectivity index is 1.94. The molecule has 0 aliphatic rings. The third-order valence-electron chi connectivity index (χ3n) is 5.51. The molecule has 0 aliphatic heterocycles. The van der Waals surface area contributed by atoms with Crippen molar-refractivity contribution in [2.24, 2.45) is 5.73 Å². The SMILES string of the molecule is CCN(CC)CCCCC(=O)c1ccc(-c2cccc(CN(C)C(=O)CN)c2)cc1. The molecule has 0 bridgehead atoms. The number of hydrogen-bond donors (Lipinski definition) is 1. The minimum atomic E-state index is -0.0830. The van der Waals surface area contributed by atoms with Crippen molar-refractivity contribution < 1.29 is 9.59 Å². The van der Waals surface area contributed by atoms with Crippen molar-refractivity contribution in [3.8, 4) is 11.1 Å². The molecule has 0 aliphatic carbocycles. The van der Waals surface area contributed by atoms with Crippen LogP contribution in [0, 0.1) is 0 Å². The van der Waals surface area contributed by atoms with Crippen LogP contribution in [-0.2, 0) is 11.3 Å². The van der Waals surface area contributed by atoms with Crippen molar-refractivity contribution in [3.63, 3.8) is 0 Å². The Hall–Kier alpha value is -2.50. The zero-order chi connectivity index (χ0) is 21.9. The van der Waals surface area contributed by atoms with E-state index in [4.69, 9.17) is 5.73 Å². The fourth-order valence-electron chi connectivity index (χ4n) is 3.52. The molecular weight excluding hydrogens is 374 g/mol. The molecule has 0 fully saturated rings. The highest BCUT2D eigenvalue weighted by atomic mass is 16.2. The summed E-state index contributed by atoms with van der Waals surface area (Å²) in [5.41, 5.74) is 9.37. The van der Waals surface area contributed by atoms with Gasteiger partial charge in [0.15, 0.2) is 5.78 Å². The molecule has 0 aromatic heterocycles. The van der Waals surface area contributed by atoms with Crippen LogP contribution in [0.3, 0.4) is 0 Å². The van der Waals surface area contributed by atoms with Crippen LogP contribution >= 0.6 is 0 Å². The molecule has 0 atom stereocenters. The Morgan fingerprint density at radius 1 is 0.933 bits per heavy atom. The molecule has 162 valence electrons. The van der Waals surface area contributed by atoms with E-state index < -0.39 is 0 Å². The normalized spacial score (nSPS) is 11.0. The molecule has 0 saturated heterocycles. The largest absolute Gasteiger partial charge is 0.340 e. The number of likely N-dealkylation sites (N-methyl/N-ethyl adjacent to an activating group) is 1. The molecule has 0 saturated carbocycles. The number of nitrogens with zero attached hydrogens (tertiary/aromatic N) is 2. The molecule has 1 amide bonds. The molecular formula is C25H35N3O2. The highest BCUT2D eigenvalue weighted by Crippen LogP contribution is 2.22. The summed E-state index contributed by atoms with van der Waals surface area (Å²) < 4.78 is 0. The summed E-state index contributed by atoms with van der Waals surface area (Å²) in [7, 11) is 1.75. The second-order valence-electron chi connectivity index (χ2n) is 7.64. The van der Waals surface area contributed by atoms with Crippen LogP contribution in [0.2, 0.25) is 0 Å². The smallest absolute Gasteiger partial charge is 0.236 e. The lowest BCUT2D eigenvalue weighted by Crippen LogP contribution is -2.32. The predicted molar refractivity (Wildman–Crippen MR) is 123 cm³/mol. The van der Waals surface area contributed by atoms with Gasteiger partial charge < -0.3 is 15.5 Å². The number of nitrogens with two attached hydrogens (primary N) is 1. The molecule has 0 radical (unpaired) electrons. The minimum absolute atomic E-state index is 0.0150. The number of amides is 1. The lowest BCUT2D eigenvalue weighted by atomic mass is 9.99. The molecule has 30 heavy (non-hydrogen) atoms. The topological polar surface area (TPSA) is 66.6 Å². The van der Waals surface area contributed by atoms with Gasteiger partial charge >= 0.3 is 0 Å². The number of carbonyl (C=O) groups is 2. The number of hydrogen-bond acceptors (Lipinski definition) is 4. The fraction of sp³-hybridized carbons (Fsp3) is 0.440. The van der Waals surface area contributed by atoms with Crippen LogP contribution in [-0.4, -0.2) is 54.7 Å². The van der Waals surface area contributed by atoms with E-state index in [1.807, 2.05) is 42.5 Å². The Morgan fingerprint density at radius 3 is 2.27 bits per heavy atom. The average Bonchev–Trinajstić information content (AvgIpc) is 2.78. The summed E-state index contributed by atoms with van der Waals surface area (Å²) in [6.45, 7) is 8.06. The molecule has 0 spiro atoms. The Bertz CT molecular complexity index is 813. The molecule has 0 heterocycles. The van der Waals surface area contributed by atoms with Crippen LogP contribution in [0.25, 0.3) is 11.1 Å². The van der Waals surface area contributed by atoms with E-state index in [9.17, 15) is 9.59 Å². The molecule has 5 nitrogen and oxygen atoms in total. The van der Waals surface area contributed by atoms with Crippen molar-refractivity contribution in [1.82, 2.24) is 9.80 Å². The first-order chi connectivity index (χ1) is 14.5. The number of unbranched alkanes of at least 4 members (excludes halogenated alkanes) is 1. The van der Waals surface area contributed by atoms with E-state index >= 15 is 0 Å². The first kappa shape index (κ1) is 23.8. The number of carbonyl (C=O) groups excluding carboxylic acids is 2. The van der Waals surface area contributed by atoms with Crippen molar-refractivity contribution in [1.29, 1.82) is 0 Å². The van der Waals surface area contributed by atoms with Crippen LogP contribution in [0.15, 0.2) is 48.5 Å². The second-order valence-corrected chi connectivity index (χ2v) is 7.64. The quantitative estimate of drug-likeness (QED) is 0.426. The van der Waals surface area contributed by atoms with Gasteiger partial charge in [0.1, 0.15) is 0 Å². The number of ketones is 1. The van der Waals surface area contributed by atoms with E-state index in [0.29, 0.717) is 13.0 Å². The number of Topliss-reactive ketones (excluding diaryl/α,β-unsaturated/α-hetero) is 1. The van der Waals surface area contributed by atoms with Gasteiger partial charge in [-0.15, -0.1) is 0 Å². The summed E-state index contributed by atoms with van der Waals surface area (Å²) in [5, 5.41) is 0. The van der Waals surface area contributed by atoms with Gasteiger partial charge in [-0.05, 0) is 55.2 Å². The van der Waals surface area contributed by atoms with Gasteiger partial charge in [-0.3, -0.25) is 9.59 Å². The van der Waals surface area contributed by atoms with E-state index in [-0.39, 0.29) is 18.2 Å². The van der Waals surface area contributed by atoms with Gasteiger partial charge in [-0.25, -0.2) is 0 Å². The Labute approximate surface area is 180 Å². The first-order valence-corrected chi connectivity index (χ1v) is 10.9. The summed E-state index contributed by atoms with van der Waals surface area (Å²) in [4.78, 5) is 28.2. The van der Waals surface area contributed by atoms with E-state index in [1.165, 1.54) is 0 Å². The van der Waals surface area contributed by atoms with E-state index in [0.717, 1.165) is 54.7 Å². The van der Waals surface area contributed by atoms with Gasteiger partial charge in [-0.2, -0.15) is 0 Å². The van der Waals surface area contributed by atoms with Crippen molar-refractivity contribution >= 4 is 11.7 Å². The molecule has 2 aromatic carbocycles. The maximum absolute atomic E-state index is 12.5. The maximum Gasteiger partial charge on any atom is 0.236 e. The first-order valence-electron chi connectivity index (χ1n) is 10.9. The summed E-state index contributed by atoms with van der Waals surface area (Å²) in [6, 6.07) is 15.9. The summed E-state index contributed by atoms with van der Waals surface area (Å²) in [5.74, 6) is 0.122. The highest BCUT2D eigenvalue weighted by Gasteiger charge is 2.09. The zero-order valence-electron chi connectivity index (χ0n) is 18.6. The van der Waals surface area contributed by atoms with Crippen LogP contribution in [0.4, 0.5) is 0 Å². The summed E-state index contributed by atoms with van der Waals surface area (Å²) >= 11 is 0. The molecule has 5 heteroatoms. The standard InChI is InChI=1S/C25H35N3O2/c1-4-28(5-2)16-7-6-11-24(29)22-14-12-21(13-15-22)23-10-8-9-20(17-23)19-27(3)25(30)18-26/h8-10,12-15,17H,4-7,11,16,18-19,26H2,1-3H3. The summed E-state index contributed by atoms with van der Waals surface area (Å²) in [6.07, 6.45) is 2.57. The fourth-order valence-corrected chi connectivity index (χ4v) is 3.52. The zero-order valence-corrected chi connectivity index (χ0v) is 18.6. The van der Waals surface area contributed by atoms with Gasteiger partial charge in [-0.1, -0.05) is 56.3 Å². The lowest BCUT2D eigenvalue weighted by molar-refractivity contribution is -0.128.